The highest BCUT2D eigenvalue weighted by atomic mass is 32.1. The van der Waals surface area contributed by atoms with E-state index < -0.39 is 0 Å². The van der Waals surface area contributed by atoms with Crippen molar-refractivity contribution in [3.8, 4) is 0 Å². The number of amides is 1. The number of para-hydroxylation sites is 1. The highest BCUT2D eigenvalue weighted by molar-refractivity contribution is 7.81. The van der Waals surface area contributed by atoms with Gasteiger partial charge < -0.3 is 5.32 Å². The second-order valence-electron chi connectivity index (χ2n) is 4.96. The molecule has 0 bridgehead atoms. The fraction of sp³-hybridized carbons (Fsp3) is 0.188. The van der Waals surface area contributed by atoms with Gasteiger partial charge in [0.25, 0.3) is 5.91 Å². The van der Waals surface area contributed by atoms with Crippen molar-refractivity contribution in [2.45, 2.75) is 19.3 Å². The molecule has 1 heterocycles. The summed E-state index contributed by atoms with van der Waals surface area (Å²) in [6, 6.07) is 13.4. The van der Waals surface area contributed by atoms with Crippen molar-refractivity contribution in [1.29, 1.82) is 0 Å². The first kappa shape index (κ1) is 13.1. The molecule has 0 aromatic heterocycles. The van der Waals surface area contributed by atoms with E-state index in [0.717, 1.165) is 22.5 Å². The minimum atomic E-state index is -0.363. The molecule has 0 aliphatic carbocycles. The van der Waals surface area contributed by atoms with Gasteiger partial charge in [0.15, 0.2) is 5.50 Å². The Bertz CT molecular complexity index is 670. The zero-order chi connectivity index (χ0) is 14.3. The Morgan fingerprint density at radius 1 is 1.10 bits per heavy atom. The number of rotatable bonds is 1. The number of anilines is 2. The first-order valence-electron chi connectivity index (χ1n) is 6.53. The summed E-state index contributed by atoms with van der Waals surface area (Å²) < 4.78 is 0. The molecule has 3 nitrogen and oxygen atoms in total. The molecule has 2 aromatic rings. The number of nitrogens with zero attached hydrogens (tertiary/aromatic N) is 1. The average molecular weight is 284 g/mol. The van der Waals surface area contributed by atoms with Gasteiger partial charge in [0.1, 0.15) is 0 Å². The molecular formula is C16H16N2OS. The summed E-state index contributed by atoms with van der Waals surface area (Å²) in [7, 11) is 0. The van der Waals surface area contributed by atoms with Crippen molar-refractivity contribution >= 4 is 29.9 Å². The van der Waals surface area contributed by atoms with Crippen LogP contribution in [0.15, 0.2) is 42.5 Å². The Labute approximate surface area is 124 Å². The van der Waals surface area contributed by atoms with E-state index in [1.165, 1.54) is 0 Å². The van der Waals surface area contributed by atoms with E-state index in [0.29, 0.717) is 5.56 Å². The number of aryl methyl sites for hydroxylation is 1. The van der Waals surface area contributed by atoms with Crippen molar-refractivity contribution in [3.05, 3.63) is 59.2 Å². The smallest absolute Gasteiger partial charge is 0.262 e. The van der Waals surface area contributed by atoms with E-state index in [1.54, 1.807) is 4.90 Å². The summed E-state index contributed by atoms with van der Waals surface area (Å²) in [5.41, 5.74) is 4.33. The maximum absolute atomic E-state index is 12.7. The molecule has 1 amide bonds. The second-order valence-corrected chi connectivity index (χ2v) is 5.45. The van der Waals surface area contributed by atoms with Crippen molar-refractivity contribution < 1.29 is 4.79 Å². The van der Waals surface area contributed by atoms with Gasteiger partial charge in [0.05, 0.1) is 11.3 Å². The zero-order valence-corrected chi connectivity index (χ0v) is 12.3. The number of benzene rings is 2. The second kappa shape index (κ2) is 4.87. The number of thiol groups is 1. The predicted octanol–water partition coefficient (Wildman–Crippen LogP) is 3.59. The lowest BCUT2D eigenvalue weighted by Crippen LogP contribution is -2.46. The summed E-state index contributed by atoms with van der Waals surface area (Å²) >= 11 is 4.53. The minimum absolute atomic E-state index is 0.0203. The fourth-order valence-corrected chi connectivity index (χ4v) is 2.83. The first-order valence-corrected chi connectivity index (χ1v) is 7.04. The van der Waals surface area contributed by atoms with Crippen LogP contribution < -0.4 is 10.2 Å². The number of fused-ring (bicyclic) bond motifs is 1. The van der Waals surface area contributed by atoms with Crippen molar-refractivity contribution in [2.24, 2.45) is 0 Å². The summed E-state index contributed by atoms with van der Waals surface area (Å²) in [5.74, 6) is -0.0203. The van der Waals surface area contributed by atoms with Crippen LogP contribution in [0.4, 0.5) is 11.4 Å². The Morgan fingerprint density at radius 3 is 2.50 bits per heavy atom. The molecule has 0 spiro atoms. The summed E-state index contributed by atoms with van der Waals surface area (Å²) in [6.07, 6.45) is 0. The van der Waals surface area contributed by atoms with Crippen LogP contribution in [0.25, 0.3) is 0 Å². The van der Waals surface area contributed by atoms with Gasteiger partial charge in [-0.25, -0.2) is 0 Å². The summed E-state index contributed by atoms with van der Waals surface area (Å²) in [6.45, 7) is 4.06. The van der Waals surface area contributed by atoms with Gasteiger partial charge in [-0.05, 0) is 43.2 Å². The van der Waals surface area contributed by atoms with E-state index in [2.05, 4.69) is 17.9 Å². The van der Waals surface area contributed by atoms with Crippen LogP contribution in [0.5, 0.6) is 0 Å². The van der Waals surface area contributed by atoms with Crippen molar-refractivity contribution in [2.75, 3.05) is 10.2 Å². The molecule has 20 heavy (non-hydrogen) atoms. The molecule has 4 heteroatoms. The molecule has 0 saturated carbocycles. The van der Waals surface area contributed by atoms with Crippen LogP contribution in [0.3, 0.4) is 0 Å². The van der Waals surface area contributed by atoms with Crippen LogP contribution in [0.1, 0.15) is 21.5 Å². The highest BCUT2D eigenvalue weighted by Crippen LogP contribution is 2.33. The predicted molar refractivity (Wildman–Crippen MR) is 85.6 cm³/mol. The van der Waals surface area contributed by atoms with Gasteiger partial charge in [0, 0.05) is 5.69 Å². The third kappa shape index (κ3) is 1.96. The first-order chi connectivity index (χ1) is 9.59. The maximum Gasteiger partial charge on any atom is 0.262 e. The standard InChI is InChI=1S/C16H16N2OS/c1-10-8-9-13-14(11(10)2)17-16(20)18(15(13)19)12-6-4-3-5-7-12/h3-9,16-17,20H,1-2H3. The molecule has 3 rings (SSSR count). The summed E-state index contributed by atoms with van der Waals surface area (Å²) in [5, 5.41) is 3.32. The number of hydrogen-bond acceptors (Lipinski definition) is 3. The van der Waals surface area contributed by atoms with Crippen LogP contribution >= 0.6 is 12.6 Å². The normalized spacial score (nSPS) is 17.6. The summed E-state index contributed by atoms with van der Waals surface area (Å²) in [4.78, 5) is 14.4. The minimum Gasteiger partial charge on any atom is -0.356 e. The van der Waals surface area contributed by atoms with Gasteiger partial charge in [-0.15, -0.1) is 12.6 Å². The van der Waals surface area contributed by atoms with E-state index in [1.807, 2.05) is 56.3 Å². The Morgan fingerprint density at radius 2 is 1.80 bits per heavy atom. The van der Waals surface area contributed by atoms with Crippen LogP contribution in [0, 0.1) is 13.8 Å². The van der Waals surface area contributed by atoms with Crippen LogP contribution in [-0.2, 0) is 0 Å². The molecule has 0 radical (unpaired) electrons. The lowest BCUT2D eigenvalue weighted by molar-refractivity contribution is 0.0983. The van der Waals surface area contributed by atoms with Crippen molar-refractivity contribution in [3.63, 3.8) is 0 Å². The van der Waals surface area contributed by atoms with E-state index in [9.17, 15) is 4.79 Å². The molecule has 102 valence electrons. The molecule has 0 saturated heterocycles. The van der Waals surface area contributed by atoms with E-state index in [4.69, 9.17) is 0 Å². The number of nitrogens with one attached hydrogen (secondary N) is 1. The van der Waals surface area contributed by atoms with Gasteiger partial charge in [-0.1, -0.05) is 24.3 Å². The number of carbonyl (C=O) groups excluding carboxylic acids is 1. The third-order valence-electron chi connectivity index (χ3n) is 3.74. The van der Waals surface area contributed by atoms with E-state index in [-0.39, 0.29) is 11.4 Å². The van der Waals surface area contributed by atoms with Crippen LogP contribution in [-0.4, -0.2) is 11.4 Å². The third-order valence-corrected chi connectivity index (χ3v) is 4.10. The molecule has 1 aliphatic heterocycles. The van der Waals surface area contributed by atoms with Crippen molar-refractivity contribution in [1.82, 2.24) is 0 Å². The Kier molecular flexibility index (Phi) is 3.18. The van der Waals surface area contributed by atoms with E-state index >= 15 is 0 Å². The Hall–Kier alpha value is -1.94. The quantitative estimate of drug-likeness (QED) is 0.784. The molecule has 1 unspecified atom stereocenters. The molecule has 1 aliphatic rings. The van der Waals surface area contributed by atoms with Gasteiger partial charge in [-0.3, -0.25) is 9.69 Å². The zero-order valence-electron chi connectivity index (χ0n) is 11.4. The number of carbonyl (C=O) groups is 1. The lowest BCUT2D eigenvalue weighted by atomic mass is 10.0. The largest absolute Gasteiger partial charge is 0.356 e. The molecule has 2 aromatic carbocycles. The average Bonchev–Trinajstić information content (AvgIpc) is 2.45. The molecule has 1 atom stereocenters. The maximum atomic E-state index is 12.7. The lowest BCUT2D eigenvalue weighted by Gasteiger charge is -2.36. The topological polar surface area (TPSA) is 32.3 Å². The van der Waals surface area contributed by atoms with Crippen LogP contribution in [0.2, 0.25) is 0 Å². The molecular weight excluding hydrogens is 268 g/mol. The highest BCUT2D eigenvalue weighted by Gasteiger charge is 2.32. The SMILES string of the molecule is Cc1ccc2c(c1C)NC(S)N(c1ccccc1)C2=O. The van der Waals surface area contributed by atoms with Gasteiger partial charge in [-0.2, -0.15) is 0 Å². The van der Waals surface area contributed by atoms with Gasteiger partial charge >= 0.3 is 0 Å². The van der Waals surface area contributed by atoms with Gasteiger partial charge in [0.2, 0.25) is 0 Å². The monoisotopic (exact) mass is 284 g/mol. The fourth-order valence-electron chi connectivity index (χ4n) is 2.46. The Balaban J connectivity index is 2.10. The number of hydrogen-bond donors (Lipinski definition) is 2. The molecule has 1 N–H and O–H groups in total. The molecule has 0 fully saturated rings.